The summed E-state index contributed by atoms with van der Waals surface area (Å²) in [5, 5.41) is 8.38. The van der Waals surface area contributed by atoms with Crippen LogP contribution < -0.4 is 10.6 Å². The molecule has 1 aromatic carbocycles. The highest BCUT2D eigenvalue weighted by Gasteiger charge is 2.25. The van der Waals surface area contributed by atoms with Crippen LogP contribution in [0.4, 0.5) is 0 Å². The van der Waals surface area contributed by atoms with E-state index in [2.05, 4.69) is 47.9 Å². The highest BCUT2D eigenvalue weighted by atomic mass is 32.1. The molecule has 122 valence electrons. The van der Waals surface area contributed by atoms with Gasteiger partial charge < -0.3 is 15.4 Å². The van der Waals surface area contributed by atoms with E-state index in [0.29, 0.717) is 13.2 Å². The number of hydrogen-bond donors (Lipinski definition) is 2. The number of rotatable bonds is 5. The van der Waals surface area contributed by atoms with Crippen molar-refractivity contribution in [2.45, 2.75) is 25.5 Å². The van der Waals surface area contributed by atoms with E-state index in [0.717, 1.165) is 23.4 Å². The second-order valence-electron chi connectivity index (χ2n) is 5.62. The minimum Gasteiger partial charge on any atom is -0.366 e. The van der Waals surface area contributed by atoms with Gasteiger partial charge >= 0.3 is 0 Å². The van der Waals surface area contributed by atoms with Gasteiger partial charge in [-0.25, -0.2) is 0 Å². The highest BCUT2D eigenvalue weighted by molar-refractivity contribution is 7.10. The van der Waals surface area contributed by atoms with E-state index in [1.807, 2.05) is 11.4 Å². The van der Waals surface area contributed by atoms with E-state index in [-0.39, 0.29) is 11.9 Å². The fourth-order valence-corrected chi connectivity index (χ4v) is 3.49. The molecule has 0 radical (unpaired) electrons. The Kier molecular flexibility index (Phi) is 5.43. The van der Waals surface area contributed by atoms with E-state index in [1.165, 1.54) is 5.56 Å². The molecule has 2 N–H and O–H groups in total. The van der Waals surface area contributed by atoms with Crippen LogP contribution in [-0.2, 0) is 16.0 Å². The third kappa shape index (κ3) is 3.99. The zero-order chi connectivity index (χ0) is 16.1. The summed E-state index contributed by atoms with van der Waals surface area (Å²) in [5.74, 6) is -0.0600. The maximum absolute atomic E-state index is 12.5. The Hall–Kier alpha value is -1.69. The van der Waals surface area contributed by atoms with Crippen LogP contribution in [0.2, 0.25) is 0 Å². The van der Waals surface area contributed by atoms with Gasteiger partial charge in [0.1, 0.15) is 6.10 Å². The Morgan fingerprint density at radius 3 is 2.83 bits per heavy atom. The molecule has 2 heterocycles. The predicted molar refractivity (Wildman–Crippen MR) is 92.7 cm³/mol. The van der Waals surface area contributed by atoms with E-state index < -0.39 is 6.10 Å². The van der Waals surface area contributed by atoms with Gasteiger partial charge in [-0.2, -0.15) is 0 Å². The van der Waals surface area contributed by atoms with E-state index in [1.54, 1.807) is 11.3 Å². The SMILES string of the molecule is CCc1ccc(C(NC(=O)C2CNCCO2)c2cccs2)cc1. The van der Waals surface area contributed by atoms with Crippen LogP contribution in [-0.4, -0.2) is 31.7 Å². The number of benzene rings is 1. The number of carbonyl (C=O) groups excluding carboxylic acids is 1. The molecule has 1 fully saturated rings. The first-order chi connectivity index (χ1) is 11.3. The Bertz CT molecular complexity index is 619. The molecular formula is C18H22N2O2S. The summed E-state index contributed by atoms with van der Waals surface area (Å²) in [6.07, 6.45) is 0.596. The Morgan fingerprint density at radius 2 is 2.22 bits per heavy atom. The number of hydrogen-bond acceptors (Lipinski definition) is 4. The zero-order valence-corrected chi connectivity index (χ0v) is 14.1. The van der Waals surface area contributed by atoms with Gasteiger partial charge in [0.25, 0.3) is 5.91 Å². The summed E-state index contributed by atoms with van der Waals surface area (Å²) < 4.78 is 5.56. The summed E-state index contributed by atoms with van der Waals surface area (Å²) in [6.45, 7) is 4.09. The van der Waals surface area contributed by atoms with Crippen molar-refractivity contribution >= 4 is 17.2 Å². The number of nitrogens with one attached hydrogen (secondary N) is 2. The molecule has 5 heteroatoms. The van der Waals surface area contributed by atoms with Crippen molar-refractivity contribution in [3.8, 4) is 0 Å². The molecule has 2 atom stereocenters. The lowest BCUT2D eigenvalue weighted by Crippen LogP contribution is -2.48. The number of aryl methyl sites for hydroxylation is 1. The molecule has 0 saturated carbocycles. The summed E-state index contributed by atoms with van der Waals surface area (Å²) in [5.41, 5.74) is 2.39. The number of morpholine rings is 1. The molecule has 0 spiro atoms. The van der Waals surface area contributed by atoms with Crippen LogP contribution in [0.5, 0.6) is 0 Å². The van der Waals surface area contributed by atoms with Gasteiger partial charge in [0.05, 0.1) is 12.6 Å². The first-order valence-corrected chi connectivity index (χ1v) is 8.91. The zero-order valence-electron chi connectivity index (χ0n) is 13.2. The van der Waals surface area contributed by atoms with Gasteiger partial charge in [0.2, 0.25) is 0 Å². The van der Waals surface area contributed by atoms with Crippen molar-refractivity contribution in [1.29, 1.82) is 0 Å². The monoisotopic (exact) mass is 330 g/mol. The summed E-state index contributed by atoms with van der Waals surface area (Å²) in [4.78, 5) is 13.7. The second kappa shape index (κ2) is 7.73. The van der Waals surface area contributed by atoms with Crippen LogP contribution in [0.25, 0.3) is 0 Å². The first kappa shape index (κ1) is 16.2. The van der Waals surface area contributed by atoms with Gasteiger partial charge in [-0.3, -0.25) is 4.79 Å². The third-order valence-corrected chi connectivity index (χ3v) is 4.99. The van der Waals surface area contributed by atoms with Crippen molar-refractivity contribution in [1.82, 2.24) is 10.6 Å². The van der Waals surface area contributed by atoms with Gasteiger partial charge in [-0.05, 0) is 29.0 Å². The molecule has 4 nitrogen and oxygen atoms in total. The van der Waals surface area contributed by atoms with Crippen LogP contribution >= 0.6 is 11.3 Å². The lowest BCUT2D eigenvalue weighted by Gasteiger charge is -2.26. The maximum atomic E-state index is 12.5. The molecule has 1 aromatic heterocycles. The van der Waals surface area contributed by atoms with Crippen molar-refractivity contribution in [3.05, 3.63) is 57.8 Å². The quantitative estimate of drug-likeness (QED) is 0.886. The van der Waals surface area contributed by atoms with E-state index >= 15 is 0 Å². The van der Waals surface area contributed by atoms with Gasteiger partial charge in [-0.15, -0.1) is 11.3 Å². The van der Waals surface area contributed by atoms with Crippen LogP contribution in [0.1, 0.15) is 29.0 Å². The number of thiophene rings is 1. The van der Waals surface area contributed by atoms with Crippen LogP contribution in [0.3, 0.4) is 0 Å². The molecule has 23 heavy (non-hydrogen) atoms. The minimum atomic E-state index is -0.416. The highest BCUT2D eigenvalue weighted by Crippen LogP contribution is 2.26. The fourth-order valence-electron chi connectivity index (χ4n) is 2.69. The molecule has 1 saturated heterocycles. The lowest BCUT2D eigenvalue weighted by molar-refractivity contribution is -0.134. The Labute approximate surface area is 140 Å². The van der Waals surface area contributed by atoms with E-state index in [4.69, 9.17) is 4.74 Å². The Balaban J connectivity index is 1.79. The third-order valence-electron chi connectivity index (χ3n) is 4.06. The van der Waals surface area contributed by atoms with Crippen molar-refractivity contribution in [2.75, 3.05) is 19.7 Å². The summed E-state index contributed by atoms with van der Waals surface area (Å²) in [6, 6.07) is 12.4. The fraction of sp³-hybridized carbons (Fsp3) is 0.389. The molecule has 3 rings (SSSR count). The molecule has 0 bridgehead atoms. The van der Waals surface area contributed by atoms with E-state index in [9.17, 15) is 4.79 Å². The lowest BCUT2D eigenvalue weighted by atomic mass is 10.0. The van der Waals surface area contributed by atoms with Crippen LogP contribution in [0.15, 0.2) is 41.8 Å². The molecule has 0 aliphatic carbocycles. The summed E-state index contributed by atoms with van der Waals surface area (Å²) >= 11 is 1.65. The largest absolute Gasteiger partial charge is 0.366 e. The molecule has 1 amide bonds. The van der Waals surface area contributed by atoms with Crippen LogP contribution in [0, 0.1) is 0 Å². The Morgan fingerprint density at radius 1 is 1.39 bits per heavy atom. The molecule has 1 aliphatic heterocycles. The van der Waals surface area contributed by atoms with Gasteiger partial charge in [0, 0.05) is 18.0 Å². The number of carbonyl (C=O) groups is 1. The molecule has 2 aromatic rings. The molecule has 1 aliphatic rings. The van der Waals surface area contributed by atoms with Crippen molar-refractivity contribution < 1.29 is 9.53 Å². The summed E-state index contributed by atoms with van der Waals surface area (Å²) in [7, 11) is 0. The maximum Gasteiger partial charge on any atom is 0.251 e. The van der Waals surface area contributed by atoms with Gasteiger partial charge in [0.15, 0.2) is 0 Å². The average Bonchev–Trinajstić information content (AvgIpc) is 3.15. The minimum absolute atomic E-state index is 0.0600. The van der Waals surface area contributed by atoms with Gasteiger partial charge in [-0.1, -0.05) is 37.3 Å². The van der Waals surface area contributed by atoms with Crippen molar-refractivity contribution in [2.24, 2.45) is 0 Å². The smallest absolute Gasteiger partial charge is 0.251 e. The molecular weight excluding hydrogens is 308 g/mol. The topological polar surface area (TPSA) is 50.4 Å². The standard InChI is InChI=1S/C18H22N2O2S/c1-2-13-5-7-14(8-6-13)17(16-4-3-11-23-16)20-18(21)15-12-19-9-10-22-15/h3-8,11,15,17,19H,2,9-10,12H2,1H3,(H,20,21). The number of ether oxygens (including phenoxy) is 1. The normalized spacial score (nSPS) is 19.3. The number of amides is 1. The first-order valence-electron chi connectivity index (χ1n) is 8.03. The van der Waals surface area contributed by atoms with Crippen molar-refractivity contribution in [3.63, 3.8) is 0 Å². The average molecular weight is 330 g/mol. The second-order valence-corrected chi connectivity index (χ2v) is 6.59. The predicted octanol–water partition coefficient (Wildman–Crippen LogP) is 2.50. The molecule has 2 unspecified atom stereocenters.